The van der Waals surface area contributed by atoms with Gasteiger partial charge in [-0.15, -0.1) is 0 Å². The molecule has 5 aliphatic rings. The van der Waals surface area contributed by atoms with Crippen molar-refractivity contribution in [1.29, 1.82) is 0 Å². The summed E-state index contributed by atoms with van der Waals surface area (Å²) in [5, 5.41) is 25.3. The number of fused-ring (bicyclic) bond motifs is 3. The van der Waals surface area contributed by atoms with E-state index in [1.807, 2.05) is 19.2 Å². The van der Waals surface area contributed by atoms with Crippen LogP contribution in [0.4, 0.5) is 22.0 Å². The zero-order chi connectivity index (χ0) is 42.9. The number of amides is 3. The van der Waals surface area contributed by atoms with E-state index in [0.717, 1.165) is 91.6 Å². The maximum atomic E-state index is 14.9. The molecule has 5 heterocycles. The number of aromatic nitrogens is 4. The molecular formula is C45H61FN10O4S. The third kappa shape index (κ3) is 10.9. The smallest absolute Gasteiger partial charge is 0.236 e. The highest BCUT2D eigenvalue weighted by atomic mass is 32.2. The molecule has 1 spiro atoms. The van der Waals surface area contributed by atoms with Gasteiger partial charge in [0, 0.05) is 73.8 Å². The molecule has 328 valence electrons. The Balaban J connectivity index is 0.000000215. The van der Waals surface area contributed by atoms with Gasteiger partial charge in [0.1, 0.15) is 11.6 Å². The molecule has 2 aliphatic carbocycles. The van der Waals surface area contributed by atoms with E-state index in [1.165, 1.54) is 44.1 Å². The zero-order valence-electron chi connectivity index (χ0n) is 35.7. The lowest BCUT2D eigenvalue weighted by Crippen LogP contribution is -2.35. The minimum atomic E-state index is -0.276. The summed E-state index contributed by atoms with van der Waals surface area (Å²) in [5.74, 6) is 1.94. The van der Waals surface area contributed by atoms with Crippen molar-refractivity contribution in [2.75, 3.05) is 55.7 Å². The van der Waals surface area contributed by atoms with Gasteiger partial charge in [-0.2, -0.15) is 10.1 Å². The number of rotatable bonds is 11. The Hall–Kier alpha value is -4.64. The summed E-state index contributed by atoms with van der Waals surface area (Å²) in [5.41, 5.74) is 3.71. The van der Waals surface area contributed by atoms with Crippen molar-refractivity contribution < 1.29 is 23.9 Å². The first-order chi connectivity index (χ1) is 29.6. The first kappa shape index (κ1) is 44.4. The second kappa shape index (κ2) is 20.5. The van der Waals surface area contributed by atoms with E-state index in [0.29, 0.717) is 29.9 Å². The normalized spacial score (nSPS) is 19.5. The monoisotopic (exact) mass is 856 g/mol. The van der Waals surface area contributed by atoms with Gasteiger partial charge in [0.15, 0.2) is 5.82 Å². The Morgan fingerprint density at radius 2 is 1.77 bits per heavy atom. The number of carbonyl (C=O) groups is 3. The van der Waals surface area contributed by atoms with Crippen LogP contribution in [0.2, 0.25) is 0 Å². The van der Waals surface area contributed by atoms with Crippen LogP contribution in [-0.4, -0.2) is 98.2 Å². The summed E-state index contributed by atoms with van der Waals surface area (Å²) >= 11 is 1.76. The lowest BCUT2D eigenvalue weighted by atomic mass is 9.88. The summed E-state index contributed by atoms with van der Waals surface area (Å²) < 4.78 is 19.1. The first-order valence-corrected chi connectivity index (χ1v) is 22.8. The fraction of sp³-hybridized carbons (Fsp3) is 0.556. The molecule has 0 radical (unpaired) electrons. The highest BCUT2D eigenvalue weighted by molar-refractivity contribution is 7.97. The lowest BCUT2D eigenvalue weighted by molar-refractivity contribution is -0.118. The van der Waals surface area contributed by atoms with E-state index in [4.69, 9.17) is 5.11 Å². The van der Waals surface area contributed by atoms with Crippen LogP contribution in [0.5, 0.6) is 0 Å². The standard InChI is InChI=1S/C30H39FN6O2S.C9H10N4O.C6H12O/c1-21(26-19-24(7-9-27(26)31)40-37-14-4-3-5-15-37)36-16-11-22(12-17-36)23-6-8-25-28(18-23)35(2)34-30(25)33-29(39)10-13-32-20-38;1-10-8-11-4-5-6(13-8)12-7(14)9(5)2-3-9;7-6-4-2-1-3-5-6/h6-9,18-22H,3-5,10-17H2,1-2H3,(H,32,38)(H,33,34,39);4H,2-3H2,1H3,(H2,10,11,12,13,14);6-7H,1-5H2. The SMILES string of the molecule is CC(c1cc(SN2CCCCC2)ccc1F)N1CCC(c2ccc3c(NC(=O)CCNC=O)nn(C)c3c2)CC1.CNc1ncc2c(n1)NC(=O)C21CC1.OC1CCCCC1. The molecule has 1 unspecified atom stereocenters. The van der Waals surface area contributed by atoms with Crippen LogP contribution < -0.4 is 21.3 Å². The van der Waals surface area contributed by atoms with Crippen LogP contribution in [0, 0.1) is 5.82 Å². The second-order valence-electron chi connectivity index (χ2n) is 16.9. The molecular weight excluding hydrogens is 796 g/mol. The third-order valence-electron chi connectivity index (χ3n) is 12.7. The highest BCUT2D eigenvalue weighted by Gasteiger charge is 2.57. The van der Waals surface area contributed by atoms with Gasteiger partial charge in [0.05, 0.1) is 17.0 Å². The molecule has 3 amide bonds. The summed E-state index contributed by atoms with van der Waals surface area (Å²) in [6.07, 6.45) is 16.1. The number of piperidine rings is 2. The van der Waals surface area contributed by atoms with Crippen molar-refractivity contribution in [2.24, 2.45) is 7.05 Å². The number of benzene rings is 2. The average molecular weight is 857 g/mol. The number of aryl methyl sites for hydroxylation is 1. The fourth-order valence-corrected chi connectivity index (χ4v) is 9.93. The van der Waals surface area contributed by atoms with E-state index >= 15 is 0 Å². The van der Waals surface area contributed by atoms with Gasteiger partial charge in [0.25, 0.3) is 0 Å². The number of aliphatic hydroxyl groups is 1. The van der Waals surface area contributed by atoms with Crippen LogP contribution in [0.15, 0.2) is 47.5 Å². The maximum absolute atomic E-state index is 14.9. The molecule has 4 aromatic rings. The van der Waals surface area contributed by atoms with E-state index in [-0.39, 0.29) is 48.2 Å². The van der Waals surface area contributed by atoms with Gasteiger partial charge in [0.2, 0.25) is 24.2 Å². The number of anilines is 3. The quantitative estimate of drug-likeness (QED) is 0.0597. The predicted molar refractivity (Wildman–Crippen MR) is 238 cm³/mol. The Morgan fingerprint density at radius 3 is 2.44 bits per heavy atom. The Morgan fingerprint density at radius 1 is 1.03 bits per heavy atom. The zero-order valence-corrected chi connectivity index (χ0v) is 36.5. The Kier molecular flexibility index (Phi) is 14.9. The summed E-state index contributed by atoms with van der Waals surface area (Å²) in [4.78, 5) is 46.1. The molecule has 1 atom stereocenters. The third-order valence-corrected chi connectivity index (χ3v) is 13.8. The molecule has 14 nitrogen and oxygen atoms in total. The highest BCUT2D eigenvalue weighted by Crippen LogP contribution is 2.54. The van der Waals surface area contributed by atoms with Gasteiger partial charge in [-0.1, -0.05) is 31.7 Å². The van der Waals surface area contributed by atoms with E-state index < -0.39 is 0 Å². The summed E-state index contributed by atoms with van der Waals surface area (Å²) in [6, 6.07) is 12.0. The predicted octanol–water partition coefficient (Wildman–Crippen LogP) is 7.03. The molecule has 2 aromatic heterocycles. The molecule has 16 heteroatoms. The van der Waals surface area contributed by atoms with Gasteiger partial charge in [-0.3, -0.25) is 24.0 Å². The van der Waals surface area contributed by atoms with Crippen molar-refractivity contribution in [3.8, 4) is 0 Å². The van der Waals surface area contributed by atoms with Gasteiger partial charge >= 0.3 is 0 Å². The van der Waals surface area contributed by atoms with Crippen LogP contribution in [0.1, 0.15) is 119 Å². The Labute approximate surface area is 362 Å². The molecule has 9 rings (SSSR count). The van der Waals surface area contributed by atoms with Crippen molar-refractivity contribution in [3.05, 3.63) is 65.1 Å². The van der Waals surface area contributed by atoms with E-state index in [9.17, 15) is 18.8 Å². The molecule has 4 fully saturated rings. The Bertz CT molecular complexity index is 2140. The van der Waals surface area contributed by atoms with Crippen molar-refractivity contribution in [2.45, 2.75) is 119 Å². The fourth-order valence-electron chi connectivity index (χ4n) is 8.88. The molecule has 0 bridgehead atoms. The second-order valence-corrected chi connectivity index (χ2v) is 18.1. The maximum Gasteiger partial charge on any atom is 0.236 e. The minimum Gasteiger partial charge on any atom is -0.393 e. The van der Waals surface area contributed by atoms with Crippen LogP contribution in [-0.2, 0) is 26.8 Å². The number of likely N-dealkylation sites (tertiary alicyclic amines) is 1. The van der Waals surface area contributed by atoms with E-state index in [1.54, 1.807) is 35.9 Å². The van der Waals surface area contributed by atoms with Gasteiger partial charge in [-0.05, 0) is 125 Å². The largest absolute Gasteiger partial charge is 0.393 e. The lowest BCUT2D eigenvalue weighted by Gasteiger charge is -2.36. The molecule has 2 aromatic carbocycles. The minimum absolute atomic E-state index is 0.0234. The van der Waals surface area contributed by atoms with E-state index in [2.05, 4.69) is 70.7 Å². The molecule has 5 N–H and O–H groups in total. The first-order valence-electron chi connectivity index (χ1n) is 22.0. The summed E-state index contributed by atoms with van der Waals surface area (Å²) in [7, 11) is 3.64. The molecule has 61 heavy (non-hydrogen) atoms. The van der Waals surface area contributed by atoms with Crippen LogP contribution in [0.3, 0.4) is 0 Å². The van der Waals surface area contributed by atoms with Crippen LogP contribution in [0.25, 0.3) is 10.9 Å². The molecule has 2 saturated heterocycles. The van der Waals surface area contributed by atoms with Crippen molar-refractivity contribution in [3.63, 3.8) is 0 Å². The van der Waals surface area contributed by atoms with Crippen molar-refractivity contribution in [1.82, 2.24) is 34.3 Å². The number of aliphatic hydroxyl groups excluding tert-OH is 1. The van der Waals surface area contributed by atoms with Crippen molar-refractivity contribution >= 4 is 58.7 Å². The number of hydrogen-bond acceptors (Lipinski definition) is 11. The van der Waals surface area contributed by atoms with Gasteiger partial charge in [-0.25, -0.2) is 13.7 Å². The topological polar surface area (TPSA) is 170 Å². The number of nitrogens with zero attached hydrogens (tertiary/aromatic N) is 6. The number of hydrogen-bond donors (Lipinski definition) is 5. The van der Waals surface area contributed by atoms with Gasteiger partial charge < -0.3 is 26.4 Å². The summed E-state index contributed by atoms with van der Waals surface area (Å²) in [6.45, 7) is 6.43. The average Bonchev–Trinajstić information content (AvgIpc) is 3.97. The molecule has 3 aliphatic heterocycles. The number of halogens is 1. The number of carbonyl (C=O) groups excluding carboxylic acids is 3. The van der Waals surface area contributed by atoms with Crippen LogP contribution >= 0.6 is 11.9 Å². The number of nitrogens with one attached hydrogen (secondary N) is 4. The molecule has 2 saturated carbocycles.